The first-order chi connectivity index (χ1) is 11.6. The summed E-state index contributed by atoms with van der Waals surface area (Å²) in [6.07, 6.45) is 1.53. The van der Waals surface area contributed by atoms with Crippen molar-refractivity contribution in [3.63, 3.8) is 0 Å². The van der Waals surface area contributed by atoms with E-state index in [9.17, 15) is 9.18 Å². The van der Waals surface area contributed by atoms with Crippen molar-refractivity contribution in [3.8, 4) is 5.75 Å². The van der Waals surface area contributed by atoms with Crippen LogP contribution in [0.5, 0.6) is 5.75 Å². The molecule has 4 aromatic rings. The lowest BCUT2D eigenvalue weighted by atomic mass is 10.2. The highest BCUT2D eigenvalue weighted by atomic mass is 35.5. The van der Waals surface area contributed by atoms with Gasteiger partial charge in [-0.25, -0.2) is 9.18 Å². The van der Waals surface area contributed by atoms with E-state index in [1.807, 2.05) is 0 Å². The summed E-state index contributed by atoms with van der Waals surface area (Å²) in [5, 5.41) is 10.6. The first-order valence-corrected chi connectivity index (χ1v) is 7.25. The summed E-state index contributed by atoms with van der Waals surface area (Å²) in [5.74, 6) is -0.824. The van der Waals surface area contributed by atoms with Crippen LogP contribution in [0.25, 0.3) is 21.9 Å². The van der Waals surface area contributed by atoms with Crippen molar-refractivity contribution in [1.82, 2.24) is 4.98 Å². The largest absolute Gasteiger partial charge is 0.488 e. The number of rotatable bonds is 4. The smallest absolute Gasteiger partial charge is 0.352 e. The second kappa shape index (κ2) is 7.68. The minimum absolute atomic E-state index is 0. The molecule has 0 radical (unpaired) electrons. The van der Waals surface area contributed by atoms with Crippen LogP contribution in [0.15, 0.2) is 53.1 Å². The molecule has 0 saturated heterocycles. The van der Waals surface area contributed by atoms with E-state index in [-0.39, 0.29) is 42.9 Å². The molecule has 136 valence electrons. The molecule has 0 aliphatic carbocycles. The summed E-state index contributed by atoms with van der Waals surface area (Å²) in [6.45, 7) is 0.228. The van der Waals surface area contributed by atoms with Gasteiger partial charge in [0.05, 0.1) is 6.26 Å². The Morgan fingerprint density at radius 1 is 1.15 bits per heavy atom. The summed E-state index contributed by atoms with van der Waals surface area (Å²) in [7, 11) is 0. The summed E-state index contributed by atoms with van der Waals surface area (Å²) >= 11 is 0. The molecule has 5 nitrogen and oxygen atoms in total. The van der Waals surface area contributed by atoms with Crippen LogP contribution in [0.3, 0.4) is 0 Å². The lowest BCUT2D eigenvalue weighted by molar-refractivity contribution is 0.0691. The summed E-state index contributed by atoms with van der Waals surface area (Å²) in [6, 6.07) is 11.2. The Morgan fingerprint density at radius 3 is 2.73 bits per heavy atom. The van der Waals surface area contributed by atoms with Gasteiger partial charge in [0, 0.05) is 27.9 Å². The molecule has 0 saturated carbocycles. The quantitative estimate of drug-likeness (QED) is 0.497. The molecule has 0 unspecified atom stereocenters. The van der Waals surface area contributed by atoms with E-state index in [0.29, 0.717) is 22.2 Å². The molecule has 4 rings (SSSR count). The monoisotopic (exact) mass is 397 g/mol. The van der Waals surface area contributed by atoms with Gasteiger partial charge in [-0.15, -0.1) is 24.8 Å². The second-order valence-corrected chi connectivity index (χ2v) is 5.40. The maximum atomic E-state index is 13.2. The van der Waals surface area contributed by atoms with Gasteiger partial charge in [-0.3, -0.25) is 0 Å². The van der Waals surface area contributed by atoms with Gasteiger partial charge in [-0.1, -0.05) is 6.07 Å². The lowest BCUT2D eigenvalue weighted by Gasteiger charge is -2.06. The second-order valence-electron chi connectivity index (χ2n) is 5.40. The first kappa shape index (κ1) is 19.6. The zero-order valence-corrected chi connectivity index (χ0v) is 14.8. The van der Waals surface area contributed by atoms with Gasteiger partial charge in [-0.2, -0.15) is 0 Å². The van der Waals surface area contributed by atoms with Crippen LogP contribution in [0.4, 0.5) is 4.39 Å². The van der Waals surface area contributed by atoms with Gasteiger partial charge in [0.15, 0.2) is 0 Å². The number of carboxylic acid groups (broad SMARTS) is 1. The zero-order valence-electron chi connectivity index (χ0n) is 13.2. The van der Waals surface area contributed by atoms with E-state index in [0.717, 1.165) is 10.9 Å². The standard InChI is InChI=1S/C18H12FNO4.2ClH/c19-11-4-5-12-10(9-24-17(12)6-11)8-23-16-3-1-2-14-13(16)7-15(20-14)18(21)22;;/h1-7,9,20H,8H2,(H,21,22);2*1H. The number of hydrogen-bond donors (Lipinski definition) is 2. The molecule has 0 atom stereocenters. The Kier molecular flexibility index (Phi) is 5.79. The molecule has 0 amide bonds. The fourth-order valence-electron chi connectivity index (χ4n) is 2.69. The number of carboxylic acids is 1. The molecule has 0 aliphatic rings. The number of carbonyl (C=O) groups is 1. The average molecular weight is 398 g/mol. The van der Waals surface area contributed by atoms with E-state index in [1.165, 1.54) is 24.5 Å². The fourth-order valence-corrected chi connectivity index (χ4v) is 2.69. The number of benzene rings is 2. The third-order valence-corrected chi connectivity index (χ3v) is 3.86. The predicted molar refractivity (Wildman–Crippen MR) is 100 cm³/mol. The third-order valence-electron chi connectivity index (χ3n) is 3.86. The van der Waals surface area contributed by atoms with Crippen LogP contribution < -0.4 is 4.74 Å². The normalized spacial score (nSPS) is 10.3. The molecule has 2 aromatic heterocycles. The number of aromatic nitrogens is 1. The van der Waals surface area contributed by atoms with Crippen molar-refractivity contribution < 1.29 is 23.4 Å². The number of furan rings is 1. The number of ether oxygens (including phenoxy) is 1. The van der Waals surface area contributed by atoms with Gasteiger partial charge >= 0.3 is 5.97 Å². The van der Waals surface area contributed by atoms with Crippen LogP contribution >= 0.6 is 24.8 Å². The number of hydrogen-bond acceptors (Lipinski definition) is 3. The molecule has 26 heavy (non-hydrogen) atoms. The predicted octanol–water partition coefficient (Wildman–Crippen LogP) is 5.17. The molecule has 0 fully saturated rings. The van der Waals surface area contributed by atoms with Crippen LogP contribution in [0.1, 0.15) is 16.1 Å². The van der Waals surface area contributed by atoms with Crippen molar-refractivity contribution in [3.05, 3.63) is 65.8 Å². The number of halogens is 3. The molecule has 2 N–H and O–H groups in total. The fraction of sp³-hybridized carbons (Fsp3) is 0.0556. The summed E-state index contributed by atoms with van der Waals surface area (Å²) < 4.78 is 24.4. The number of fused-ring (bicyclic) bond motifs is 2. The van der Waals surface area contributed by atoms with Crippen molar-refractivity contribution >= 4 is 52.7 Å². The maximum Gasteiger partial charge on any atom is 0.352 e. The molecule has 8 heteroatoms. The van der Waals surface area contributed by atoms with E-state index in [4.69, 9.17) is 14.3 Å². The van der Waals surface area contributed by atoms with Gasteiger partial charge in [0.25, 0.3) is 0 Å². The van der Waals surface area contributed by atoms with Crippen LogP contribution in [-0.4, -0.2) is 16.1 Å². The highest BCUT2D eigenvalue weighted by molar-refractivity contribution is 5.96. The maximum absolute atomic E-state index is 13.2. The molecular formula is C18H14Cl2FNO4. The van der Waals surface area contributed by atoms with E-state index in [1.54, 1.807) is 24.3 Å². The van der Waals surface area contributed by atoms with Crippen molar-refractivity contribution in [2.45, 2.75) is 6.61 Å². The average Bonchev–Trinajstić information content (AvgIpc) is 3.16. The third kappa shape index (κ3) is 3.47. The van der Waals surface area contributed by atoms with E-state index >= 15 is 0 Å². The van der Waals surface area contributed by atoms with Crippen molar-refractivity contribution in [1.29, 1.82) is 0 Å². The molecule has 0 bridgehead atoms. The topological polar surface area (TPSA) is 75.5 Å². The summed E-state index contributed by atoms with van der Waals surface area (Å²) in [5.41, 5.74) is 2.03. The Morgan fingerprint density at radius 2 is 1.96 bits per heavy atom. The Bertz CT molecular complexity index is 1070. The Balaban J connectivity index is 0.00000121. The Hall–Kier alpha value is -2.70. The molecule has 2 heterocycles. The van der Waals surface area contributed by atoms with Gasteiger partial charge in [0.2, 0.25) is 0 Å². The van der Waals surface area contributed by atoms with Crippen LogP contribution in [0.2, 0.25) is 0 Å². The van der Waals surface area contributed by atoms with Gasteiger partial charge in [0.1, 0.15) is 29.5 Å². The highest BCUT2D eigenvalue weighted by Gasteiger charge is 2.12. The van der Waals surface area contributed by atoms with Crippen LogP contribution in [-0.2, 0) is 6.61 Å². The zero-order chi connectivity index (χ0) is 16.7. The van der Waals surface area contributed by atoms with Crippen molar-refractivity contribution in [2.75, 3.05) is 0 Å². The summed E-state index contributed by atoms with van der Waals surface area (Å²) in [4.78, 5) is 13.9. The number of H-pyrrole nitrogens is 1. The molecule has 2 aromatic carbocycles. The Labute approximate surface area is 159 Å². The molecule has 0 aliphatic heterocycles. The molecular weight excluding hydrogens is 384 g/mol. The lowest BCUT2D eigenvalue weighted by Crippen LogP contribution is -1.95. The minimum Gasteiger partial charge on any atom is -0.488 e. The number of aromatic carboxylic acids is 1. The van der Waals surface area contributed by atoms with Crippen molar-refractivity contribution in [2.24, 2.45) is 0 Å². The number of aromatic amines is 1. The van der Waals surface area contributed by atoms with Crippen LogP contribution in [0, 0.1) is 5.82 Å². The number of nitrogens with one attached hydrogen (secondary N) is 1. The van der Waals surface area contributed by atoms with Gasteiger partial charge in [-0.05, 0) is 30.3 Å². The SMILES string of the molecule is Cl.Cl.O=C(O)c1cc2c(OCc3coc4cc(F)ccc34)cccc2[nH]1. The minimum atomic E-state index is -1.03. The molecule has 0 spiro atoms. The highest BCUT2D eigenvalue weighted by Crippen LogP contribution is 2.29. The van der Waals surface area contributed by atoms with E-state index in [2.05, 4.69) is 4.98 Å². The van der Waals surface area contributed by atoms with Gasteiger partial charge < -0.3 is 19.2 Å². The van der Waals surface area contributed by atoms with E-state index < -0.39 is 5.97 Å². The first-order valence-electron chi connectivity index (χ1n) is 7.25.